The summed E-state index contributed by atoms with van der Waals surface area (Å²) in [5, 5.41) is 22.2. The molecule has 0 aromatic heterocycles. The van der Waals surface area contributed by atoms with Crippen LogP contribution in [0.2, 0.25) is 0 Å². The fraction of sp³-hybridized carbons (Fsp3) is 0.545. The van der Waals surface area contributed by atoms with Gasteiger partial charge in [0.05, 0.1) is 11.1 Å². The topological polar surface area (TPSA) is 83.8 Å². The van der Waals surface area contributed by atoms with E-state index in [4.69, 9.17) is 4.74 Å². The number of carboxylic acid groups (broad SMARTS) is 1. The second-order valence-corrected chi connectivity index (χ2v) is 19.9. The maximum Gasteiger partial charge on any atom is 0.343 e. The van der Waals surface area contributed by atoms with Crippen LogP contribution in [0, 0.1) is 0 Å². The Morgan fingerprint density at radius 1 is 0.551 bits per heavy atom. The van der Waals surface area contributed by atoms with Crippen molar-refractivity contribution in [2.75, 3.05) is 0 Å². The van der Waals surface area contributed by atoms with Gasteiger partial charge in [-0.3, -0.25) is 0 Å². The number of benzene rings is 3. The van der Waals surface area contributed by atoms with Gasteiger partial charge in [-0.05, 0) is 67.4 Å². The SMILES string of the molecule is CC(C)(C)c1ccc(-c2c(C(=O)O)cc(C(C)(C)C)c(OC(=O)c3cc(C(C)(C)C)c(O)c(C(C)(C)C)c3)c2C(C)(C)C)c(C(C)(C)C)c1. The molecule has 0 fully saturated rings. The molecule has 0 radical (unpaired) electrons. The molecular formula is C44H62O5. The Morgan fingerprint density at radius 2 is 1.00 bits per heavy atom. The van der Waals surface area contributed by atoms with Crippen molar-refractivity contribution < 1.29 is 24.5 Å². The highest BCUT2D eigenvalue weighted by Gasteiger charge is 2.37. The number of hydrogen-bond donors (Lipinski definition) is 2. The van der Waals surface area contributed by atoms with E-state index < -0.39 is 33.6 Å². The summed E-state index contributed by atoms with van der Waals surface area (Å²) in [7, 11) is 0. The number of rotatable bonds is 4. The highest BCUT2D eigenvalue weighted by atomic mass is 16.5. The number of phenolic OH excluding ortho intramolecular Hbond substituents is 1. The van der Waals surface area contributed by atoms with Gasteiger partial charge in [-0.15, -0.1) is 0 Å². The number of aromatic hydroxyl groups is 1. The van der Waals surface area contributed by atoms with E-state index in [2.05, 4.69) is 53.7 Å². The third-order valence-electron chi connectivity index (χ3n) is 9.19. The maximum absolute atomic E-state index is 14.5. The molecular weight excluding hydrogens is 608 g/mol. The van der Waals surface area contributed by atoms with Crippen molar-refractivity contribution in [3.63, 3.8) is 0 Å². The average molecular weight is 671 g/mol. The first-order valence-corrected chi connectivity index (χ1v) is 17.5. The maximum atomic E-state index is 14.5. The molecule has 49 heavy (non-hydrogen) atoms. The molecule has 0 aliphatic heterocycles. The molecule has 0 saturated carbocycles. The Hall–Kier alpha value is -3.60. The lowest BCUT2D eigenvalue weighted by Gasteiger charge is -2.35. The molecule has 0 heterocycles. The van der Waals surface area contributed by atoms with Crippen molar-refractivity contribution in [2.24, 2.45) is 0 Å². The standard InChI is InChI=1S/C44H62O5/c1-39(2,3)26-19-20-27(29(23-26)40(4,5)6)33-28(37(46)47)24-32(43(13,14)15)36(34(33)44(16,17)18)49-38(48)25-21-30(41(7,8)9)35(45)31(22-25)42(10,11)12/h19-24,45H,1-18H3,(H,46,47). The van der Waals surface area contributed by atoms with E-state index in [0.717, 1.165) is 16.7 Å². The Labute approximate surface area is 296 Å². The van der Waals surface area contributed by atoms with Crippen LogP contribution in [0.1, 0.15) is 179 Å². The van der Waals surface area contributed by atoms with E-state index in [-0.39, 0.29) is 22.1 Å². The van der Waals surface area contributed by atoms with Gasteiger partial charge in [0.2, 0.25) is 0 Å². The minimum Gasteiger partial charge on any atom is -0.507 e. The van der Waals surface area contributed by atoms with Crippen LogP contribution < -0.4 is 4.74 Å². The molecule has 0 saturated heterocycles. The third kappa shape index (κ3) is 8.41. The van der Waals surface area contributed by atoms with E-state index in [1.54, 1.807) is 18.2 Å². The van der Waals surface area contributed by atoms with E-state index in [1.807, 2.05) is 89.2 Å². The first-order valence-electron chi connectivity index (χ1n) is 17.5. The van der Waals surface area contributed by atoms with Gasteiger partial charge < -0.3 is 14.9 Å². The van der Waals surface area contributed by atoms with Gasteiger partial charge in [0, 0.05) is 27.8 Å². The molecule has 5 nitrogen and oxygen atoms in total. The van der Waals surface area contributed by atoms with Crippen LogP contribution in [0.5, 0.6) is 11.5 Å². The molecule has 3 aromatic rings. The molecule has 5 heteroatoms. The van der Waals surface area contributed by atoms with Crippen molar-refractivity contribution in [2.45, 2.75) is 157 Å². The molecule has 268 valence electrons. The van der Waals surface area contributed by atoms with Crippen molar-refractivity contribution in [3.05, 3.63) is 80.9 Å². The number of phenols is 1. The molecule has 0 aliphatic carbocycles. The summed E-state index contributed by atoms with van der Waals surface area (Å²) in [5.74, 6) is -1.02. The summed E-state index contributed by atoms with van der Waals surface area (Å²) in [5.41, 5.74) is 4.21. The largest absolute Gasteiger partial charge is 0.507 e. The predicted molar refractivity (Wildman–Crippen MR) is 204 cm³/mol. The Morgan fingerprint density at radius 3 is 1.37 bits per heavy atom. The second kappa shape index (κ2) is 12.6. The summed E-state index contributed by atoms with van der Waals surface area (Å²) in [6.07, 6.45) is 0. The van der Waals surface area contributed by atoms with Gasteiger partial charge in [-0.1, -0.05) is 143 Å². The highest BCUT2D eigenvalue weighted by molar-refractivity contribution is 6.00. The highest BCUT2D eigenvalue weighted by Crippen LogP contribution is 2.50. The lowest BCUT2D eigenvalue weighted by atomic mass is 9.71. The number of aromatic carboxylic acids is 1. The van der Waals surface area contributed by atoms with Crippen molar-refractivity contribution in [1.82, 2.24) is 0 Å². The van der Waals surface area contributed by atoms with E-state index >= 15 is 0 Å². The molecule has 0 spiro atoms. The van der Waals surface area contributed by atoms with Crippen LogP contribution >= 0.6 is 0 Å². The van der Waals surface area contributed by atoms with Crippen LogP contribution in [0.25, 0.3) is 11.1 Å². The summed E-state index contributed by atoms with van der Waals surface area (Å²) < 4.78 is 6.58. The van der Waals surface area contributed by atoms with Gasteiger partial charge >= 0.3 is 11.9 Å². The van der Waals surface area contributed by atoms with Gasteiger partial charge in [0.15, 0.2) is 0 Å². The van der Waals surface area contributed by atoms with E-state index in [0.29, 0.717) is 39.1 Å². The fourth-order valence-electron chi connectivity index (χ4n) is 6.39. The monoisotopic (exact) mass is 670 g/mol. The second-order valence-electron chi connectivity index (χ2n) is 19.9. The number of carbonyl (C=O) groups is 2. The first-order chi connectivity index (χ1) is 21.8. The fourth-order valence-corrected chi connectivity index (χ4v) is 6.39. The zero-order valence-electron chi connectivity index (χ0n) is 33.6. The summed E-state index contributed by atoms with van der Waals surface area (Å²) in [4.78, 5) is 27.7. The summed E-state index contributed by atoms with van der Waals surface area (Å²) in [6, 6.07) is 11.5. The van der Waals surface area contributed by atoms with Crippen LogP contribution in [-0.4, -0.2) is 22.2 Å². The minimum atomic E-state index is -1.04. The van der Waals surface area contributed by atoms with Crippen LogP contribution in [0.4, 0.5) is 0 Å². The van der Waals surface area contributed by atoms with Crippen LogP contribution in [-0.2, 0) is 32.5 Å². The zero-order chi connectivity index (χ0) is 38.0. The average Bonchev–Trinajstić information content (AvgIpc) is 2.88. The molecule has 0 aliphatic rings. The summed E-state index contributed by atoms with van der Waals surface area (Å²) >= 11 is 0. The van der Waals surface area contributed by atoms with E-state index in [1.165, 1.54) is 0 Å². The molecule has 3 aromatic carbocycles. The lowest BCUT2D eigenvalue weighted by Crippen LogP contribution is -2.26. The Kier molecular flexibility index (Phi) is 10.3. The van der Waals surface area contributed by atoms with Gasteiger partial charge in [0.1, 0.15) is 11.5 Å². The van der Waals surface area contributed by atoms with Crippen LogP contribution in [0.15, 0.2) is 36.4 Å². The quantitative estimate of drug-likeness (QED) is 0.213. The van der Waals surface area contributed by atoms with Crippen molar-refractivity contribution in [1.29, 1.82) is 0 Å². The Balaban J connectivity index is 2.58. The van der Waals surface area contributed by atoms with Crippen LogP contribution in [0.3, 0.4) is 0 Å². The van der Waals surface area contributed by atoms with E-state index in [9.17, 15) is 19.8 Å². The molecule has 0 bridgehead atoms. The minimum absolute atomic E-state index is 0.111. The van der Waals surface area contributed by atoms with Crippen molar-refractivity contribution in [3.8, 4) is 22.6 Å². The smallest absolute Gasteiger partial charge is 0.343 e. The Bertz CT molecular complexity index is 1730. The molecule has 3 rings (SSSR count). The summed E-state index contributed by atoms with van der Waals surface area (Å²) in [6.45, 7) is 37.1. The zero-order valence-corrected chi connectivity index (χ0v) is 33.6. The van der Waals surface area contributed by atoms with Gasteiger partial charge in [0.25, 0.3) is 0 Å². The van der Waals surface area contributed by atoms with Crippen molar-refractivity contribution >= 4 is 11.9 Å². The number of ether oxygens (including phenoxy) is 1. The first kappa shape index (κ1) is 39.8. The lowest BCUT2D eigenvalue weighted by molar-refractivity contribution is 0.0697. The molecule has 0 atom stereocenters. The normalized spacial score (nSPS) is 13.4. The third-order valence-corrected chi connectivity index (χ3v) is 9.19. The molecule has 2 N–H and O–H groups in total. The number of carbonyl (C=O) groups excluding carboxylic acids is 1. The number of carboxylic acids is 1. The molecule has 0 amide bonds. The number of hydrogen-bond acceptors (Lipinski definition) is 4. The molecule has 0 unspecified atom stereocenters. The van der Waals surface area contributed by atoms with Gasteiger partial charge in [-0.25, -0.2) is 9.59 Å². The van der Waals surface area contributed by atoms with Gasteiger partial charge in [-0.2, -0.15) is 0 Å². The number of esters is 1. The predicted octanol–water partition coefficient (Wildman–Crippen LogP) is 11.8.